The molecule has 0 aliphatic carbocycles. The first kappa shape index (κ1) is 24.5. The van der Waals surface area contributed by atoms with Gasteiger partial charge in [0.15, 0.2) is 5.65 Å². The Kier molecular flexibility index (Phi) is 6.75. The van der Waals surface area contributed by atoms with E-state index in [0.29, 0.717) is 68.8 Å². The molecule has 1 aromatic carbocycles. The first-order valence-electron chi connectivity index (χ1n) is 12.5. The fourth-order valence-corrected chi connectivity index (χ4v) is 4.59. The van der Waals surface area contributed by atoms with Crippen molar-refractivity contribution in [3.8, 4) is 28.5 Å². The number of benzene rings is 1. The minimum absolute atomic E-state index is 0.0972. The summed E-state index contributed by atoms with van der Waals surface area (Å²) in [6, 6.07) is 5.84. The summed E-state index contributed by atoms with van der Waals surface area (Å²) in [5, 5.41) is 7.92. The van der Waals surface area contributed by atoms with Crippen molar-refractivity contribution in [1.29, 1.82) is 0 Å². The van der Waals surface area contributed by atoms with Crippen molar-refractivity contribution < 1.29 is 33.2 Å². The van der Waals surface area contributed by atoms with Gasteiger partial charge in [0.2, 0.25) is 5.75 Å². The van der Waals surface area contributed by atoms with Gasteiger partial charge in [0, 0.05) is 43.9 Å². The standard InChI is InChI=1S/C26H29N5O7/c1-33-5-6-36-22-10-18-13-37-25-23(38-20-14-35-15-20)12-31-24(29-25)21(11-28-31)16-7-17(9-19(8-16)34-2)27-3-4-30(18)26(22)32/h7-9,11-13,20,22,27H,3-6,10,14-15H2,1-2H3/b18-13+/t22-/m1/s1. The molecule has 3 aromatic rings. The number of anilines is 1. The number of nitrogens with one attached hydrogen (secondary N) is 1. The van der Waals surface area contributed by atoms with Crippen LogP contribution in [0, 0.1) is 0 Å². The van der Waals surface area contributed by atoms with E-state index in [-0.39, 0.29) is 17.9 Å². The van der Waals surface area contributed by atoms with Crippen molar-refractivity contribution in [1.82, 2.24) is 19.5 Å². The maximum Gasteiger partial charge on any atom is 0.265 e. The van der Waals surface area contributed by atoms with Gasteiger partial charge in [0.1, 0.15) is 24.2 Å². The lowest BCUT2D eigenvalue weighted by molar-refractivity contribution is -0.137. The molecular weight excluding hydrogens is 494 g/mol. The molecule has 38 heavy (non-hydrogen) atoms. The molecule has 1 N–H and O–H groups in total. The zero-order chi connectivity index (χ0) is 26.1. The van der Waals surface area contributed by atoms with Crippen LogP contribution in [0.4, 0.5) is 5.69 Å². The maximum atomic E-state index is 13.2. The highest BCUT2D eigenvalue weighted by Crippen LogP contribution is 2.35. The molecule has 0 unspecified atom stereocenters. The van der Waals surface area contributed by atoms with Crippen molar-refractivity contribution >= 4 is 17.2 Å². The quantitative estimate of drug-likeness (QED) is 0.461. The Balaban J connectivity index is 1.42. The third kappa shape index (κ3) is 4.73. The third-order valence-corrected chi connectivity index (χ3v) is 6.64. The fourth-order valence-electron chi connectivity index (χ4n) is 4.59. The van der Waals surface area contributed by atoms with Gasteiger partial charge in [-0.05, 0) is 17.7 Å². The van der Waals surface area contributed by atoms with Gasteiger partial charge >= 0.3 is 0 Å². The van der Waals surface area contributed by atoms with Crippen LogP contribution in [-0.2, 0) is 19.0 Å². The Morgan fingerprint density at radius 3 is 2.87 bits per heavy atom. The van der Waals surface area contributed by atoms with Crippen LogP contribution in [0.25, 0.3) is 16.8 Å². The van der Waals surface area contributed by atoms with Gasteiger partial charge in [0.25, 0.3) is 11.8 Å². The number of carbonyl (C=O) groups excluding carboxylic acids is 1. The highest BCUT2D eigenvalue weighted by Gasteiger charge is 2.37. The van der Waals surface area contributed by atoms with Crippen molar-refractivity contribution in [2.45, 2.75) is 18.6 Å². The van der Waals surface area contributed by atoms with Crippen molar-refractivity contribution in [2.24, 2.45) is 0 Å². The number of methoxy groups -OCH3 is 2. The molecule has 12 heteroatoms. The lowest BCUT2D eigenvalue weighted by Crippen LogP contribution is -2.38. The summed E-state index contributed by atoms with van der Waals surface area (Å²) in [4.78, 5) is 19.7. The van der Waals surface area contributed by atoms with E-state index in [2.05, 4.69) is 10.4 Å². The first-order valence-corrected chi connectivity index (χ1v) is 12.5. The second-order valence-corrected chi connectivity index (χ2v) is 9.16. The Bertz CT molecular complexity index is 1370. The molecule has 200 valence electrons. The number of ether oxygens (including phenoxy) is 6. The van der Waals surface area contributed by atoms with Crippen LogP contribution in [0.15, 0.2) is 42.6 Å². The minimum Gasteiger partial charge on any atom is -0.497 e. The second kappa shape index (κ2) is 10.5. The summed E-state index contributed by atoms with van der Waals surface area (Å²) >= 11 is 0. The summed E-state index contributed by atoms with van der Waals surface area (Å²) < 4.78 is 35.6. The monoisotopic (exact) mass is 523 g/mol. The van der Waals surface area contributed by atoms with E-state index in [9.17, 15) is 4.79 Å². The van der Waals surface area contributed by atoms with Gasteiger partial charge in [-0.2, -0.15) is 10.1 Å². The van der Waals surface area contributed by atoms with Crippen LogP contribution in [0.2, 0.25) is 0 Å². The fraction of sp³-hybridized carbons (Fsp3) is 0.423. The van der Waals surface area contributed by atoms with Crippen LogP contribution < -0.4 is 19.5 Å². The number of hydrogen-bond acceptors (Lipinski definition) is 10. The molecule has 3 aliphatic heterocycles. The average Bonchev–Trinajstić information content (AvgIpc) is 3.44. The molecule has 1 amide bonds. The van der Waals surface area contributed by atoms with Gasteiger partial charge in [-0.25, -0.2) is 4.52 Å². The van der Waals surface area contributed by atoms with Gasteiger partial charge in [-0.3, -0.25) is 4.79 Å². The number of rotatable bonds is 7. The Morgan fingerprint density at radius 1 is 1.18 bits per heavy atom. The molecule has 5 heterocycles. The molecule has 0 spiro atoms. The molecule has 2 aromatic heterocycles. The highest BCUT2D eigenvalue weighted by molar-refractivity contribution is 5.86. The zero-order valence-corrected chi connectivity index (χ0v) is 21.2. The van der Waals surface area contributed by atoms with E-state index in [1.165, 1.54) is 0 Å². The number of fused-ring (bicyclic) bond motifs is 5. The lowest BCUT2D eigenvalue weighted by atomic mass is 10.1. The summed E-state index contributed by atoms with van der Waals surface area (Å²) in [7, 11) is 3.22. The normalized spacial score (nSPS) is 20.7. The number of nitrogens with zero attached hydrogens (tertiary/aromatic N) is 4. The van der Waals surface area contributed by atoms with Gasteiger partial charge in [-0.15, -0.1) is 0 Å². The smallest absolute Gasteiger partial charge is 0.265 e. The van der Waals surface area contributed by atoms with E-state index < -0.39 is 6.10 Å². The predicted octanol–water partition coefficient (Wildman–Crippen LogP) is 2.09. The zero-order valence-electron chi connectivity index (χ0n) is 21.2. The Labute approximate surface area is 219 Å². The number of hydrogen-bond donors (Lipinski definition) is 1. The summed E-state index contributed by atoms with van der Waals surface area (Å²) in [5.74, 6) is 1.26. The van der Waals surface area contributed by atoms with Crippen molar-refractivity contribution in [3.63, 3.8) is 0 Å². The molecular formula is C26H29N5O7. The van der Waals surface area contributed by atoms with Gasteiger partial charge in [-0.1, -0.05) is 0 Å². The van der Waals surface area contributed by atoms with Crippen LogP contribution in [0.5, 0.6) is 17.4 Å². The second-order valence-electron chi connectivity index (χ2n) is 9.16. The van der Waals surface area contributed by atoms with E-state index in [4.69, 9.17) is 33.4 Å². The molecule has 2 fully saturated rings. The molecule has 0 saturated carbocycles. The highest BCUT2D eigenvalue weighted by atomic mass is 16.6. The average molecular weight is 524 g/mol. The van der Waals surface area contributed by atoms with E-state index in [1.54, 1.807) is 42.3 Å². The van der Waals surface area contributed by atoms with Crippen LogP contribution in [-0.4, -0.2) is 91.3 Å². The number of aromatic nitrogens is 3. The molecule has 2 saturated heterocycles. The molecule has 3 aliphatic rings. The summed E-state index contributed by atoms with van der Waals surface area (Å²) in [5.41, 5.74) is 3.81. The van der Waals surface area contributed by atoms with Crippen molar-refractivity contribution in [2.75, 3.05) is 59.1 Å². The van der Waals surface area contributed by atoms with E-state index >= 15 is 0 Å². The van der Waals surface area contributed by atoms with Crippen LogP contribution in [0.3, 0.4) is 0 Å². The van der Waals surface area contributed by atoms with Crippen LogP contribution >= 0.6 is 0 Å². The molecule has 1 atom stereocenters. The molecule has 12 nitrogen and oxygen atoms in total. The van der Waals surface area contributed by atoms with Gasteiger partial charge < -0.3 is 38.6 Å². The largest absolute Gasteiger partial charge is 0.497 e. The number of amides is 1. The molecule has 4 bridgehead atoms. The Morgan fingerprint density at radius 2 is 2.08 bits per heavy atom. The lowest BCUT2D eigenvalue weighted by Gasteiger charge is -2.27. The van der Waals surface area contributed by atoms with Crippen molar-refractivity contribution in [3.05, 3.63) is 42.6 Å². The first-order chi connectivity index (χ1) is 18.6. The summed E-state index contributed by atoms with van der Waals surface area (Å²) in [6.07, 6.45) is 4.73. The van der Waals surface area contributed by atoms with E-state index in [0.717, 1.165) is 16.8 Å². The maximum absolute atomic E-state index is 13.2. The van der Waals surface area contributed by atoms with Crippen LogP contribution in [0.1, 0.15) is 6.42 Å². The molecule has 0 radical (unpaired) electrons. The van der Waals surface area contributed by atoms with Gasteiger partial charge in [0.05, 0.1) is 51.6 Å². The predicted molar refractivity (Wildman–Crippen MR) is 135 cm³/mol. The topological polar surface area (TPSA) is 118 Å². The Hall–Kier alpha value is -3.87. The minimum atomic E-state index is -0.612. The van der Waals surface area contributed by atoms with E-state index in [1.807, 2.05) is 18.2 Å². The molecule has 6 rings (SSSR count). The third-order valence-electron chi connectivity index (χ3n) is 6.64. The summed E-state index contributed by atoms with van der Waals surface area (Å²) in [6.45, 7) is 2.63. The SMILES string of the molecule is COCCO[C@@H]1C/C2=C\Oc3nc4c(cnn4cc3OC3COC3)-c3cc(cc(OC)c3)NCCN2C1=O. The number of carbonyl (C=O) groups is 1.